The lowest BCUT2D eigenvalue weighted by molar-refractivity contribution is 0.0728. The summed E-state index contributed by atoms with van der Waals surface area (Å²) in [6.45, 7) is 0. The van der Waals surface area contributed by atoms with E-state index in [2.05, 4.69) is 6.08 Å². The molecule has 0 saturated heterocycles. The quantitative estimate of drug-likeness (QED) is 0.395. The van der Waals surface area contributed by atoms with Crippen LogP contribution in [-0.2, 0) is 0 Å². The van der Waals surface area contributed by atoms with Crippen molar-refractivity contribution in [1.82, 2.24) is 0 Å². The van der Waals surface area contributed by atoms with Gasteiger partial charge in [-0.1, -0.05) is 12.2 Å². The third-order valence-electron chi connectivity index (χ3n) is 2.55. The van der Waals surface area contributed by atoms with Crippen LogP contribution in [0.2, 0.25) is 0 Å². The van der Waals surface area contributed by atoms with Crippen molar-refractivity contribution in [2.24, 2.45) is 11.8 Å². The summed E-state index contributed by atoms with van der Waals surface area (Å²) in [6.07, 6.45) is 5.70. The first kappa shape index (κ1) is 5.94. The lowest BCUT2D eigenvalue weighted by Crippen LogP contribution is -2.30. The first-order valence-electron chi connectivity index (χ1n) is 3.56. The number of hydrogen-bond donors (Lipinski definition) is 1. The Morgan fingerprint density at radius 3 is 2.70 bits per heavy atom. The second-order valence-electron chi connectivity index (χ2n) is 3.23. The Morgan fingerprint density at radius 1 is 1.60 bits per heavy atom. The fraction of sp³-hybridized carbons (Fsp3) is 0.625. The van der Waals surface area contributed by atoms with Crippen LogP contribution in [0.25, 0.3) is 0 Å². The van der Waals surface area contributed by atoms with E-state index in [1.54, 1.807) is 0 Å². The minimum Gasteiger partial charge on any atom is -0.375 e. The zero-order valence-corrected chi connectivity index (χ0v) is 5.62. The van der Waals surface area contributed by atoms with Crippen LogP contribution in [0.5, 0.6) is 0 Å². The van der Waals surface area contributed by atoms with Crippen molar-refractivity contribution >= 4 is 0 Å². The van der Waals surface area contributed by atoms with E-state index in [1.807, 2.05) is 12.1 Å². The smallest absolute Gasteiger partial charge is 0.157 e. The van der Waals surface area contributed by atoms with Gasteiger partial charge in [-0.2, -0.15) is 5.26 Å². The largest absolute Gasteiger partial charge is 0.375 e. The molecule has 0 aromatic rings. The number of nitriles is 1. The fourth-order valence-electron chi connectivity index (χ4n) is 1.96. The molecule has 1 fully saturated rings. The molecule has 2 nitrogen and oxygen atoms in total. The number of allylic oxidation sites excluding steroid dienone is 1. The van der Waals surface area contributed by atoms with Crippen molar-refractivity contribution in [2.75, 3.05) is 0 Å². The predicted octanol–water partition coefficient (Wildman–Crippen LogP) is 0.837. The molecule has 2 bridgehead atoms. The summed E-state index contributed by atoms with van der Waals surface area (Å²) in [4.78, 5) is 0. The molecule has 0 aromatic heterocycles. The van der Waals surface area contributed by atoms with Crippen molar-refractivity contribution in [3.05, 3.63) is 12.2 Å². The van der Waals surface area contributed by atoms with Gasteiger partial charge in [0, 0.05) is 5.92 Å². The van der Waals surface area contributed by atoms with Crippen molar-refractivity contribution < 1.29 is 5.11 Å². The molecule has 3 atom stereocenters. The second-order valence-corrected chi connectivity index (χ2v) is 3.23. The zero-order valence-electron chi connectivity index (χ0n) is 5.62. The maximum Gasteiger partial charge on any atom is 0.157 e. The van der Waals surface area contributed by atoms with E-state index in [0.29, 0.717) is 12.3 Å². The average Bonchev–Trinajstić information content (AvgIpc) is 2.46. The number of fused-ring (bicyclic) bond motifs is 2. The van der Waals surface area contributed by atoms with Crippen molar-refractivity contribution in [3.8, 4) is 6.07 Å². The number of nitrogens with zero attached hydrogens (tertiary/aromatic N) is 1. The van der Waals surface area contributed by atoms with Crippen LogP contribution in [0.4, 0.5) is 0 Å². The average molecular weight is 135 g/mol. The van der Waals surface area contributed by atoms with Crippen LogP contribution >= 0.6 is 0 Å². The molecule has 52 valence electrons. The maximum absolute atomic E-state index is 9.58. The van der Waals surface area contributed by atoms with Crippen LogP contribution in [0.1, 0.15) is 12.8 Å². The summed E-state index contributed by atoms with van der Waals surface area (Å²) in [7, 11) is 0. The van der Waals surface area contributed by atoms with Crippen LogP contribution in [0, 0.1) is 23.2 Å². The van der Waals surface area contributed by atoms with Crippen LogP contribution in [0.15, 0.2) is 12.2 Å². The van der Waals surface area contributed by atoms with Crippen molar-refractivity contribution in [3.63, 3.8) is 0 Å². The first-order chi connectivity index (χ1) is 4.74. The van der Waals surface area contributed by atoms with E-state index >= 15 is 0 Å². The monoisotopic (exact) mass is 135 g/mol. The van der Waals surface area contributed by atoms with Crippen molar-refractivity contribution in [2.45, 2.75) is 18.4 Å². The third-order valence-corrected chi connectivity index (χ3v) is 2.55. The van der Waals surface area contributed by atoms with E-state index in [0.717, 1.165) is 6.42 Å². The van der Waals surface area contributed by atoms with E-state index < -0.39 is 5.60 Å². The van der Waals surface area contributed by atoms with Crippen molar-refractivity contribution in [1.29, 1.82) is 5.26 Å². The standard InChI is InChI=1S/C8H9NO/c9-5-8(10)4-6-1-2-7(8)3-6/h1-2,6-7,10H,3-4H2. The molecular formula is C8H9NO. The van der Waals surface area contributed by atoms with E-state index in [9.17, 15) is 5.11 Å². The molecule has 0 spiro atoms. The molecule has 3 unspecified atom stereocenters. The van der Waals surface area contributed by atoms with Gasteiger partial charge in [0.1, 0.15) is 0 Å². The molecule has 0 amide bonds. The predicted molar refractivity (Wildman–Crippen MR) is 35.9 cm³/mol. The van der Waals surface area contributed by atoms with Crippen LogP contribution < -0.4 is 0 Å². The van der Waals surface area contributed by atoms with E-state index in [4.69, 9.17) is 5.26 Å². The molecule has 2 aliphatic carbocycles. The summed E-state index contributed by atoms with van der Waals surface area (Å²) < 4.78 is 0. The Balaban J connectivity index is 2.33. The molecule has 2 heteroatoms. The molecule has 1 saturated carbocycles. The fourth-order valence-corrected chi connectivity index (χ4v) is 1.96. The Hall–Kier alpha value is -0.810. The van der Waals surface area contributed by atoms with Crippen LogP contribution in [-0.4, -0.2) is 10.7 Å². The van der Waals surface area contributed by atoms with Gasteiger partial charge in [-0.15, -0.1) is 0 Å². The maximum atomic E-state index is 9.58. The van der Waals surface area contributed by atoms with Gasteiger partial charge >= 0.3 is 0 Å². The third kappa shape index (κ3) is 0.559. The molecule has 0 aromatic carbocycles. The second kappa shape index (κ2) is 1.62. The van der Waals surface area contributed by atoms with Gasteiger partial charge in [0.25, 0.3) is 0 Å². The van der Waals surface area contributed by atoms with Gasteiger partial charge in [0.15, 0.2) is 5.60 Å². The molecule has 2 rings (SSSR count). The highest BCUT2D eigenvalue weighted by molar-refractivity contribution is 5.23. The van der Waals surface area contributed by atoms with Crippen LogP contribution in [0.3, 0.4) is 0 Å². The summed E-state index contributed by atoms with van der Waals surface area (Å²) in [5.41, 5.74) is -1.03. The molecule has 0 aliphatic heterocycles. The SMILES string of the molecule is N#CC1(O)CC2C=CC1C2. The molecule has 10 heavy (non-hydrogen) atoms. The highest BCUT2D eigenvalue weighted by Gasteiger charge is 2.47. The molecular weight excluding hydrogens is 126 g/mol. The normalized spacial score (nSPS) is 49.6. The van der Waals surface area contributed by atoms with Gasteiger partial charge in [-0.25, -0.2) is 0 Å². The minimum absolute atomic E-state index is 0.113. The van der Waals surface area contributed by atoms with Gasteiger partial charge in [0.2, 0.25) is 0 Å². The Morgan fingerprint density at radius 2 is 2.40 bits per heavy atom. The van der Waals surface area contributed by atoms with Gasteiger partial charge in [0.05, 0.1) is 6.07 Å². The highest BCUT2D eigenvalue weighted by atomic mass is 16.3. The van der Waals surface area contributed by atoms with Gasteiger partial charge < -0.3 is 5.11 Å². The highest BCUT2D eigenvalue weighted by Crippen LogP contribution is 2.45. The lowest BCUT2D eigenvalue weighted by Gasteiger charge is -2.20. The summed E-state index contributed by atoms with van der Waals surface area (Å²) in [5, 5.41) is 18.2. The number of aliphatic hydroxyl groups is 1. The lowest BCUT2D eigenvalue weighted by atomic mass is 9.90. The number of rotatable bonds is 0. The molecule has 2 aliphatic rings. The van der Waals surface area contributed by atoms with Gasteiger partial charge in [-0.3, -0.25) is 0 Å². The van der Waals surface area contributed by atoms with E-state index in [-0.39, 0.29) is 5.92 Å². The summed E-state index contributed by atoms with van der Waals surface area (Å²) in [5.74, 6) is 0.581. The van der Waals surface area contributed by atoms with E-state index in [1.165, 1.54) is 0 Å². The Labute approximate surface area is 59.8 Å². The summed E-state index contributed by atoms with van der Waals surface area (Å²) >= 11 is 0. The zero-order chi connectivity index (χ0) is 7.19. The molecule has 0 heterocycles. The number of hydrogen-bond acceptors (Lipinski definition) is 2. The molecule has 1 N–H and O–H groups in total. The van der Waals surface area contributed by atoms with Gasteiger partial charge in [-0.05, 0) is 18.8 Å². The molecule has 0 radical (unpaired) electrons. The first-order valence-corrected chi connectivity index (χ1v) is 3.56. The Kier molecular flexibility index (Phi) is 0.959. The minimum atomic E-state index is -1.03. The Bertz CT molecular complexity index is 228. The summed E-state index contributed by atoms with van der Waals surface area (Å²) in [6, 6.07) is 1.98. The topological polar surface area (TPSA) is 44.0 Å².